The summed E-state index contributed by atoms with van der Waals surface area (Å²) in [4.78, 5) is 10.9. The number of primary amides is 1. The van der Waals surface area contributed by atoms with Crippen molar-refractivity contribution >= 4 is 5.91 Å². The van der Waals surface area contributed by atoms with Gasteiger partial charge in [0.1, 0.15) is 11.6 Å². The van der Waals surface area contributed by atoms with Crippen molar-refractivity contribution in [1.82, 2.24) is 0 Å². The van der Waals surface area contributed by atoms with Crippen molar-refractivity contribution in [2.45, 2.75) is 32.6 Å². The molecule has 0 heterocycles. The molecule has 2 N–H and O–H groups in total. The molecule has 1 fully saturated rings. The lowest BCUT2D eigenvalue weighted by Crippen LogP contribution is -2.19. The van der Waals surface area contributed by atoms with Crippen molar-refractivity contribution in [3.05, 3.63) is 11.1 Å². The van der Waals surface area contributed by atoms with Crippen LogP contribution in [0.25, 0.3) is 0 Å². The minimum Gasteiger partial charge on any atom is -0.365 e. The average Bonchev–Trinajstić information content (AvgIpc) is 2.09. The van der Waals surface area contributed by atoms with Gasteiger partial charge in [0, 0.05) is 0 Å². The Hall–Kier alpha value is -1.30. The molecule has 0 aromatic carbocycles. The summed E-state index contributed by atoms with van der Waals surface area (Å²) in [5, 5.41) is 8.76. The minimum absolute atomic E-state index is 0.187. The lowest BCUT2D eigenvalue weighted by Gasteiger charge is -2.22. The van der Waals surface area contributed by atoms with Crippen LogP contribution in [0.1, 0.15) is 32.6 Å². The SMILES string of the molecule is CC1CCCC/C1=C(/C#N)C(N)=O. The smallest absolute Gasteiger partial charge is 0.259 e. The van der Waals surface area contributed by atoms with Crippen LogP contribution < -0.4 is 5.73 Å². The van der Waals surface area contributed by atoms with E-state index in [2.05, 4.69) is 6.92 Å². The summed E-state index contributed by atoms with van der Waals surface area (Å²) in [5.41, 5.74) is 6.27. The molecule has 1 amide bonds. The molecule has 0 saturated heterocycles. The minimum atomic E-state index is -0.578. The normalized spacial score (nSPS) is 26.3. The number of nitrogens with zero attached hydrogens (tertiary/aromatic N) is 1. The summed E-state index contributed by atoms with van der Waals surface area (Å²) in [7, 11) is 0. The van der Waals surface area contributed by atoms with E-state index in [-0.39, 0.29) is 5.57 Å². The molecule has 1 aliphatic carbocycles. The number of rotatable bonds is 1. The van der Waals surface area contributed by atoms with Crippen LogP contribution in [0.5, 0.6) is 0 Å². The van der Waals surface area contributed by atoms with E-state index in [1.54, 1.807) is 0 Å². The summed E-state index contributed by atoms with van der Waals surface area (Å²) in [6, 6.07) is 1.91. The Kier molecular flexibility index (Phi) is 3.07. The highest BCUT2D eigenvalue weighted by atomic mass is 16.1. The molecule has 1 aliphatic rings. The molecule has 0 aliphatic heterocycles. The first-order chi connectivity index (χ1) is 6.16. The predicted octanol–water partition coefficient (Wildman–Crippen LogP) is 1.50. The van der Waals surface area contributed by atoms with Crippen LogP contribution in [-0.4, -0.2) is 5.91 Å². The van der Waals surface area contributed by atoms with E-state index in [9.17, 15) is 4.79 Å². The standard InChI is InChI=1S/C10H14N2O/c1-7-4-2-3-5-8(7)9(6-11)10(12)13/h7H,2-5H2,1H3,(H2,12,13)/b9-8+. The Labute approximate surface area is 78.2 Å². The number of hydrogen-bond donors (Lipinski definition) is 1. The molecule has 1 unspecified atom stereocenters. The lowest BCUT2D eigenvalue weighted by molar-refractivity contribution is -0.114. The van der Waals surface area contributed by atoms with E-state index in [4.69, 9.17) is 11.0 Å². The first-order valence-corrected chi connectivity index (χ1v) is 4.59. The summed E-state index contributed by atoms with van der Waals surface area (Å²) in [5.74, 6) is -0.234. The molecular formula is C10H14N2O. The number of amides is 1. The number of nitriles is 1. The molecular weight excluding hydrogens is 164 g/mol. The fraction of sp³-hybridized carbons (Fsp3) is 0.600. The van der Waals surface area contributed by atoms with E-state index < -0.39 is 5.91 Å². The van der Waals surface area contributed by atoms with E-state index in [1.165, 1.54) is 6.42 Å². The van der Waals surface area contributed by atoms with Crippen molar-refractivity contribution < 1.29 is 4.79 Å². The Balaban J connectivity index is 2.98. The highest BCUT2D eigenvalue weighted by Gasteiger charge is 2.20. The summed E-state index contributed by atoms with van der Waals surface area (Å²) in [6.45, 7) is 2.05. The molecule has 70 valence electrons. The quantitative estimate of drug-likeness (QED) is 0.488. The third-order valence-electron chi connectivity index (χ3n) is 2.61. The van der Waals surface area contributed by atoms with Gasteiger partial charge in [0.05, 0.1) is 0 Å². The van der Waals surface area contributed by atoms with Crippen molar-refractivity contribution in [1.29, 1.82) is 5.26 Å². The number of carbonyl (C=O) groups is 1. The van der Waals surface area contributed by atoms with Gasteiger partial charge in [-0.15, -0.1) is 0 Å². The molecule has 3 nitrogen and oxygen atoms in total. The highest BCUT2D eigenvalue weighted by molar-refractivity contribution is 5.96. The fourth-order valence-corrected chi connectivity index (χ4v) is 1.84. The molecule has 1 rings (SSSR count). The fourth-order valence-electron chi connectivity index (χ4n) is 1.84. The summed E-state index contributed by atoms with van der Waals surface area (Å²) in [6.07, 6.45) is 4.17. The molecule has 0 radical (unpaired) electrons. The van der Waals surface area contributed by atoms with Crippen LogP contribution in [0.3, 0.4) is 0 Å². The maximum absolute atomic E-state index is 10.9. The number of carbonyl (C=O) groups excluding carboxylic acids is 1. The van der Waals surface area contributed by atoms with Gasteiger partial charge < -0.3 is 5.73 Å². The molecule has 0 bridgehead atoms. The predicted molar refractivity (Wildman–Crippen MR) is 49.5 cm³/mol. The zero-order chi connectivity index (χ0) is 9.84. The van der Waals surface area contributed by atoms with E-state index in [0.717, 1.165) is 24.8 Å². The van der Waals surface area contributed by atoms with Crippen LogP contribution in [-0.2, 0) is 4.79 Å². The number of allylic oxidation sites excluding steroid dienone is 1. The second kappa shape index (κ2) is 4.08. The first-order valence-electron chi connectivity index (χ1n) is 4.59. The Morgan fingerprint density at radius 3 is 2.77 bits per heavy atom. The third-order valence-corrected chi connectivity index (χ3v) is 2.61. The zero-order valence-corrected chi connectivity index (χ0v) is 7.84. The van der Waals surface area contributed by atoms with E-state index in [0.29, 0.717) is 5.92 Å². The highest BCUT2D eigenvalue weighted by Crippen LogP contribution is 2.30. The van der Waals surface area contributed by atoms with Crippen molar-refractivity contribution in [3.63, 3.8) is 0 Å². The molecule has 0 spiro atoms. The van der Waals surface area contributed by atoms with Gasteiger partial charge in [-0.2, -0.15) is 5.26 Å². The largest absolute Gasteiger partial charge is 0.365 e. The molecule has 1 atom stereocenters. The second-order valence-corrected chi connectivity index (χ2v) is 3.52. The monoisotopic (exact) mass is 178 g/mol. The first kappa shape index (κ1) is 9.79. The van der Waals surface area contributed by atoms with Gasteiger partial charge >= 0.3 is 0 Å². The number of hydrogen-bond acceptors (Lipinski definition) is 2. The van der Waals surface area contributed by atoms with Gasteiger partial charge in [-0.1, -0.05) is 13.3 Å². The summed E-state index contributed by atoms with van der Waals surface area (Å²) >= 11 is 0. The van der Waals surface area contributed by atoms with Gasteiger partial charge in [0.2, 0.25) is 0 Å². The van der Waals surface area contributed by atoms with Gasteiger partial charge in [-0.3, -0.25) is 4.79 Å². The molecule has 0 aromatic heterocycles. The van der Waals surface area contributed by atoms with E-state index >= 15 is 0 Å². The second-order valence-electron chi connectivity index (χ2n) is 3.52. The zero-order valence-electron chi connectivity index (χ0n) is 7.84. The van der Waals surface area contributed by atoms with Gasteiger partial charge in [-0.25, -0.2) is 0 Å². The maximum atomic E-state index is 10.9. The molecule has 0 aromatic rings. The van der Waals surface area contributed by atoms with E-state index in [1.807, 2.05) is 6.07 Å². The summed E-state index contributed by atoms with van der Waals surface area (Å²) < 4.78 is 0. The average molecular weight is 178 g/mol. The van der Waals surface area contributed by atoms with Crippen LogP contribution in [0.15, 0.2) is 11.1 Å². The molecule has 13 heavy (non-hydrogen) atoms. The van der Waals surface area contributed by atoms with Crippen molar-refractivity contribution in [3.8, 4) is 6.07 Å². The van der Waals surface area contributed by atoms with Gasteiger partial charge in [-0.05, 0) is 30.8 Å². The Bertz CT molecular complexity index is 286. The Morgan fingerprint density at radius 1 is 1.62 bits per heavy atom. The number of nitrogens with two attached hydrogens (primary N) is 1. The van der Waals surface area contributed by atoms with Crippen molar-refractivity contribution in [2.75, 3.05) is 0 Å². The van der Waals surface area contributed by atoms with Crippen molar-refractivity contribution in [2.24, 2.45) is 11.7 Å². The van der Waals surface area contributed by atoms with Gasteiger partial charge in [0.15, 0.2) is 0 Å². The van der Waals surface area contributed by atoms with Crippen LogP contribution >= 0.6 is 0 Å². The molecule has 3 heteroatoms. The topological polar surface area (TPSA) is 66.9 Å². The lowest BCUT2D eigenvalue weighted by atomic mass is 9.83. The molecule has 1 saturated carbocycles. The van der Waals surface area contributed by atoms with Crippen LogP contribution in [0.2, 0.25) is 0 Å². The van der Waals surface area contributed by atoms with Crippen LogP contribution in [0.4, 0.5) is 0 Å². The van der Waals surface area contributed by atoms with Crippen LogP contribution in [0, 0.1) is 17.2 Å². The van der Waals surface area contributed by atoms with Gasteiger partial charge in [0.25, 0.3) is 5.91 Å². The third kappa shape index (κ3) is 2.09. The maximum Gasteiger partial charge on any atom is 0.259 e. The Morgan fingerprint density at radius 2 is 2.31 bits per heavy atom.